The van der Waals surface area contributed by atoms with E-state index in [1.54, 1.807) is 12.1 Å². The van der Waals surface area contributed by atoms with E-state index in [2.05, 4.69) is 4.72 Å². The normalized spacial score (nSPS) is 12.9. The maximum Gasteiger partial charge on any atom is 0.244 e. The third-order valence-electron chi connectivity index (χ3n) is 3.32. The average molecular weight is 319 g/mol. The molecule has 0 heterocycles. The van der Waals surface area contributed by atoms with E-state index in [9.17, 15) is 8.42 Å². The minimum Gasteiger partial charge on any atom is -0.492 e. The Balaban J connectivity index is 2.32. The smallest absolute Gasteiger partial charge is 0.244 e. The Hall–Kier alpha value is -1.85. The van der Waals surface area contributed by atoms with Gasteiger partial charge in [0.15, 0.2) is 0 Å². The van der Waals surface area contributed by atoms with Gasteiger partial charge in [-0.1, -0.05) is 36.4 Å². The van der Waals surface area contributed by atoms with Crippen LogP contribution in [0, 0.1) is 6.92 Å². The zero-order chi connectivity index (χ0) is 16.2. The SMILES string of the molecule is CCOc1ccc(C)cc1S(=O)(=O)N[C@@H](C)c1ccccc1. The highest BCUT2D eigenvalue weighted by atomic mass is 32.2. The lowest BCUT2D eigenvalue weighted by Gasteiger charge is -2.17. The highest BCUT2D eigenvalue weighted by Crippen LogP contribution is 2.26. The van der Waals surface area contributed by atoms with E-state index >= 15 is 0 Å². The Kier molecular flexibility index (Phi) is 5.21. The molecule has 2 aromatic rings. The number of ether oxygens (including phenoxy) is 1. The van der Waals surface area contributed by atoms with Gasteiger partial charge in [-0.3, -0.25) is 0 Å². The highest BCUT2D eigenvalue weighted by Gasteiger charge is 2.22. The maximum absolute atomic E-state index is 12.7. The lowest BCUT2D eigenvalue weighted by Crippen LogP contribution is -2.27. The van der Waals surface area contributed by atoms with Crippen LogP contribution in [0.2, 0.25) is 0 Å². The highest BCUT2D eigenvalue weighted by molar-refractivity contribution is 7.89. The van der Waals surface area contributed by atoms with Gasteiger partial charge in [-0.05, 0) is 44.0 Å². The van der Waals surface area contributed by atoms with E-state index < -0.39 is 10.0 Å². The second-order valence-electron chi connectivity index (χ2n) is 5.14. The van der Waals surface area contributed by atoms with Crippen molar-refractivity contribution in [3.63, 3.8) is 0 Å². The molecule has 1 N–H and O–H groups in total. The molecule has 118 valence electrons. The molecule has 0 aliphatic carbocycles. The van der Waals surface area contributed by atoms with Gasteiger partial charge in [0.2, 0.25) is 10.0 Å². The van der Waals surface area contributed by atoms with Gasteiger partial charge in [0.25, 0.3) is 0 Å². The van der Waals surface area contributed by atoms with Gasteiger partial charge in [-0.2, -0.15) is 0 Å². The largest absolute Gasteiger partial charge is 0.492 e. The minimum absolute atomic E-state index is 0.178. The summed E-state index contributed by atoms with van der Waals surface area (Å²) >= 11 is 0. The van der Waals surface area contributed by atoms with Crippen molar-refractivity contribution in [1.29, 1.82) is 0 Å². The molecule has 0 aromatic heterocycles. The van der Waals surface area contributed by atoms with Crippen molar-refractivity contribution in [1.82, 2.24) is 4.72 Å². The Bertz CT molecular complexity index is 727. The molecule has 1 atom stereocenters. The number of aryl methyl sites for hydroxylation is 1. The molecule has 2 rings (SSSR count). The number of sulfonamides is 1. The molecular weight excluding hydrogens is 298 g/mol. The molecule has 0 aliphatic heterocycles. The molecule has 0 amide bonds. The second kappa shape index (κ2) is 6.94. The quantitative estimate of drug-likeness (QED) is 0.887. The standard InChI is InChI=1S/C17H21NO3S/c1-4-21-16-11-10-13(2)12-17(16)22(19,20)18-14(3)15-8-6-5-7-9-15/h5-12,14,18H,4H2,1-3H3/t14-/m0/s1. The first-order valence-electron chi connectivity index (χ1n) is 7.24. The van der Waals surface area contributed by atoms with E-state index in [4.69, 9.17) is 4.74 Å². The Morgan fingerprint density at radius 3 is 2.45 bits per heavy atom. The fraction of sp³-hybridized carbons (Fsp3) is 0.294. The van der Waals surface area contributed by atoms with Crippen molar-refractivity contribution in [3.05, 3.63) is 59.7 Å². The van der Waals surface area contributed by atoms with Crippen LogP contribution in [0.15, 0.2) is 53.4 Å². The van der Waals surface area contributed by atoms with Crippen molar-refractivity contribution in [2.75, 3.05) is 6.61 Å². The molecule has 0 saturated carbocycles. The van der Waals surface area contributed by atoms with Crippen molar-refractivity contribution in [2.24, 2.45) is 0 Å². The second-order valence-corrected chi connectivity index (χ2v) is 6.82. The van der Waals surface area contributed by atoms with Gasteiger partial charge in [-0.15, -0.1) is 0 Å². The topological polar surface area (TPSA) is 55.4 Å². The monoisotopic (exact) mass is 319 g/mol. The van der Waals surface area contributed by atoms with Crippen LogP contribution >= 0.6 is 0 Å². The van der Waals surface area contributed by atoms with Gasteiger partial charge in [0, 0.05) is 6.04 Å². The molecule has 4 nitrogen and oxygen atoms in total. The van der Waals surface area contributed by atoms with Gasteiger partial charge in [0.1, 0.15) is 10.6 Å². The third-order valence-corrected chi connectivity index (χ3v) is 4.88. The van der Waals surface area contributed by atoms with Crippen LogP contribution in [-0.2, 0) is 10.0 Å². The molecule has 0 aliphatic rings. The molecule has 5 heteroatoms. The molecule has 2 aromatic carbocycles. The van der Waals surface area contributed by atoms with Crippen LogP contribution in [0.5, 0.6) is 5.75 Å². The first-order valence-corrected chi connectivity index (χ1v) is 8.73. The summed E-state index contributed by atoms with van der Waals surface area (Å²) in [5.74, 6) is 0.376. The Morgan fingerprint density at radius 2 is 1.82 bits per heavy atom. The fourth-order valence-corrected chi connectivity index (χ4v) is 3.67. The number of benzene rings is 2. The van der Waals surface area contributed by atoms with Crippen LogP contribution in [-0.4, -0.2) is 15.0 Å². The Labute approximate surface area is 132 Å². The minimum atomic E-state index is -3.66. The van der Waals surface area contributed by atoms with Gasteiger partial charge >= 0.3 is 0 Å². The van der Waals surface area contributed by atoms with E-state index in [0.29, 0.717) is 12.4 Å². The van der Waals surface area contributed by atoms with E-state index in [1.807, 2.05) is 57.2 Å². The summed E-state index contributed by atoms with van der Waals surface area (Å²) in [7, 11) is -3.66. The molecular formula is C17H21NO3S. The average Bonchev–Trinajstić information content (AvgIpc) is 2.49. The summed E-state index contributed by atoms with van der Waals surface area (Å²) in [6.07, 6.45) is 0. The number of hydrogen-bond acceptors (Lipinski definition) is 3. The van der Waals surface area contributed by atoms with Crippen molar-refractivity contribution in [3.8, 4) is 5.75 Å². The first-order chi connectivity index (χ1) is 10.4. The summed E-state index contributed by atoms with van der Waals surface area (Å²) in [5, 5.41) is 0. The van der Waals surface area contributed by atoms with E-state index in [0.717, 1.165) is 11.1 Å². The molecule has 0 spiro atoms. The summed E-state index contributed by atoms with van der Waals surface area (Å²) < 4.78 is 33.5. The number of nitrogens with one attached hydrogen (secondary N) is 1. The van der Waals surface area contributed by atoms with Crippen LogP contribution in [0.1, 0.15) is 31.0 Å². The molecule has 22 heavy (non-hydrogen) atoms. The van der Waals surface area contributed by atoms with E-state index in [1.165, 1.54) is 0 Å². The van der Waals surface area contributed by atoms with Gasteiger partial charge < -0.3 is 4.74 Å². The van der Waals surface area contributed by atoms with Crippen LogP contribution in [0.25, 0.3) is 0 Å². The molecule has 0 saturated heterocycles. The molecule has 0 radical (unpaired) electrons. The summed E-state index contributed by atoms with van der Waals surface area (Å²) in [4.78, 5) is 0.178. The lowest BCUT2D eigenvalue weighted by atomic mass is 10.1. The zero-order valence-corrected chi connectivity index (χ0v) is 13.9. The van der Waals surface area contributed by atoms with Gasteiger partial charge in [0.05, 0.1) is 6.61 Å². The van der Waals surface area contributed by atoms with Crippen molar-refractivity contribution >= 4 is 10.0 Å². The summed E-state index contributed by atoms with van der Waals surface area (Å²) in [5.41, 5.74) is 1.79. The van der Waals surface area contributed by atoms with Crippen molar-refractivity contribution < 1.29 is 13.2 Å². The summed E-state index contributed by atoms with van der Waals surface area (Å²) in [6.45, 7) is 5.93. The number of hydrogen-bond donors (Lipinski definition) is 1. The Morgan fingerprint density at radius 1 is 1.14 bits per heavy atom. The lowest BCUT2D eigenvalue weighted by molar-refractivity contribution is 0.331. The molecule has 0 fully saturated rings. The molecule has 0 bridgehead atoms. The number of rotatable bonds is 6. The van der Waals surface area contributed by atoms with Crippen LogP contribution < -0.4 is 9.46 Å². The zero-order valence-electron chi connectivity index (χ0n) is 13.0. The van der Waals surface area contributed by atoms with Gasteiger partial charge in [-0.25, -0.2) is 13.1 Å². The summed E-state index contributed by atoms with van der Waals surface area (Å²) in [6, 6.07) is 14.3. The van der Waals surface area contributed by atoms with Crippen LogP contribution in [0.3, 0.4) is 0 Å². The van der Waals surface area contributed by atoms with Crippen LogP contribution in [0.4, 0.5) is 0 Å². The first kappa shape index (κ1) is 16.5. The fourth-order valence-electron chi connectivity index (χ4n) is 2.21. The predicted molar refractivity (Wildman–Crippen MR) is 87.5 cm³/mol. The predicted octanol–water partition coefficient (Wildman–Crippen LogP) is 3.43. The van der Waals surface area contributed by atoms with Crippen molar-refractivity contribution in [2.45, 2.75) is 31.7 Å². The third kappa shape index (κ3) is 3.87. The van der Waals surface area contributed by atoms with E-state index in [-0.39, 0.29) is 10.9 Å². The molecule has 0 unspecified atom stereocenters. The maximum atomic E-state index is 12.7.